The number of carboxylic acid groups (broad SMARTS) is 1. The van der Waals surface area contributed by atoms with Crippen molar-refractivity contribution in [2.45, 2.75) is 0 Å². The minimum absolute atomic E-state index is 0. The van der Waals surface area contributed by atoms with Crippen LogP contribution in [0.4, 0.5) is 4.79 Å². The normalized spacial score (nSPS) is 20.1. The molecule has 1 fully saturated rings. The number of aliphatic hydroxyl groups is 1. The Morgan fingerprint density at radius 2 is 2.22 bits per heavy atom. The molecule has 0 saturated carbocycles. The average Bonchev–Trinajstić information content (AvgIpc) is 2.44. The van der Waals surface area contributed by atoms with Crippen LogP contribution in [-0.2, 0) is 0 Å². The van der Waals surface area contributed by atoms with E-state index in [1.54, 1.807) is 0 Å². The predicted molar refractivity (Wildman–Crippen MR) is 29.0 cm³/mol. The molecule has 0 atom stereocenters. The van der Waals surface area contributed by atoms with Crippen LogP contribution in [0, 0.1) is 0 Å². The molecule has 1 aliphatic heterocycles. The molecule has 0 aromatic heterocycles. The van der Waals surface area contributed by atoms with Crippen LogP contribution in [0.25, 0.3) is 0 Å². The molecule has 48 valence electrons. The van der Waals surface area contributed by atoms with Crippen molar-refractivity contribution in [3.8, 4) is 0 Å². The van der Waals surface area contributed by atoms with Gasteiger partial charge in [-0.3, -0.25) is 0 Å². The molecule has 7 heteroatoms. The van der Waals surface area contributed by atoms with Crippen molar-refractivity contribution in [3.05, 3.63) is 0 Å². The fourth-order valence-electron chi connectivity index (χ4n) is 0.206. The SMILES string of the molecule is O=C([O-])[N+]1(CO)SS1.[H-].[K+]. The zero-order valence-corrected chi connectivity index (χ0v) is 9.49. The van der Waals surface area contributed by atoms with E-state index in [1.165, 1.54) is 0 Å². The van der Waals surface area contributed by atoms with E-state index in [4.69, 9.17) is 5.11 Å². The fourth-order valence-corrected chi connectivity index (χ4v) is 1.39. The van der Waals surface area contributed by atoms with E-state index >= 15 is 0 Å². The van der Waals surface area contributed by atoms with Gasteiger partial charge in [0.2, 0.25) is 28.7 Å². The van der Waals surface area contributed by atoms with Gasteiger partial charge >= 0.3 is 51.4 Å². The van der Waals surface area contributed by atoms with E-state index in [-0.39, 0.29) is 52.8 Å². The fraction of sp³-hybridized carbons (Fsp3) is 0.500. The van der Waals surface area contributed by atoms with Crippen LogP contribution in [0.15, 0.2) is 0 Å². The van der Waals surface area contributed by atoms with Crippen LogP contribution in [0.1, 0.15) is 1.43 Å². The van der Waals surface area contributed by atoms with Gasteiger partial charge in [0.15, 0.2) is 0 Å². The van der Waals surface area contributed by atoms with Crippen molar-refractivity contribution in [3.63, 3.8) is 0 Å². The van der Waals surface area contributed by atoms with Gasteiger partial charge in [0, 0.05) is 0 Å². The van der Waals surface area contributed by atoms with E-state index in [2.05, 4.69) is 0 Å². The Bertz CT molecular complexity index is 132. The van der Waals surface area contributed by atoms with Gasteiger partial charge in [-0.2, -0.15) is 0 Å². The Hall–Kier alpha value is 1.73. The Labute approximate surface area is 104 Å². The number of quaternary nitrogens is 1. The summed E-state index contributed by atoms with van der Waals surface area (Å²) in [6.45, 7) is -0.405. The molecule has 9 heavy (non-hydrogen) atoms. The Balaban J connectivity index is 0. The molecule has 1 saturated heterocycles. The largest absolute Gasteiger partial charge is 1.00 e. The molecule has 1 aliphatic rings. The van der Waals surface area contributed by atoms with Crippen molar-refractivity contribution in [1.29, 1.82) is 0 Å². The van der Waals surface area contributed by atoms with E-state index < -0.39 is 16.1 Å². The van der Waals surface area contributed by atoms with E-state index in [0.29, 0.717) is 0 Å². The van der Waals surface area contributed by atoms with Gasteiger partial charge < -0.3 is 16.4 Å². The summed E-state index contributed by atoms with van der Waals surface area (Å²) in [5, 5.41) is 18.3. The second kappa shape index (κ2) is 3.93. The minimum atomic E-state index is -1.25. The topological polar surface area (TPSA) is 60.4 Å². The van der Waals surface area contributed by atoms with Gasteiger partial charge in [-0.05, 0) is 0 Å². The minimum Gasteiger partial charge on any atom is -1.00 e. The van der Waals surface area contributed by atoms with Crippen LogP contribution in [-0.4, -0.2) is 21.2 Å². The van der Waals surface area contributed by atoms with E-state index in [9.17, 15) is 9.90 Å². The zero-order chi connectivity index (χ0) is 6.20. The van der Waals surface area contributed by atoms with Gasteiger partial charge in [-0.1, -0.05) is 0 Å². The van der Waals surface area contributed by atoms with Crippen LogP contribution in [0.2, 0.25) is 0 Å². The van der Waals surface area contributed by atoms with Gasteiger partial charge in [0.1, 0.15) is 0 Å². The summed E-state index contributed by atoms with van der Waals surface area (Å²) in [5.74, 6) is 0. The molecule has 1 amide bonds. The summed E-state index contributed by atoms with van der Waals surface area (Å²) in [6, 6.07) is 0. The third kappa shape index (κ3) is 2.35. The first-order valence-electron chi connectivity index (χ1n) is 1.80. The third-order valence-corrected chi connectivity index (χ3v) is 3.28. The molecule has 0 aromatic rings. The number of aliphatic hydroxyl groups excluding tert-OH is 1. The molecule has 0 spiro atoms. The number of amides is 1. The average molecular weight is 193 g/mol. The van der Waals surface area contributed by atoms with Crippen molar-refractivity contribution < 1.29 is 71.1 Å². The molecule has 0 radical (unpaired) electrons. The standard InChI is InChI=1S/C2H3NO3S2.K.H/c4-1-3(2(5)6)7-8-3;;/h4H,1H2;;/q;+1;-1. The zero-order valence-electron chi connectivity index (χ0n) is 5.73. The van der Waals surface area contributed by atoms with E-state index in [1.807, 2.05) is 0 Å². The number of nitrogens with zero attached hydrogens (tertiary/aromatic N) is 1. The van der Waals surface area contributed by atoms with E-state index in [0.717, 1.165) is 22.0 Å². The third-order valence-electron chi connectivity index (χ3n) is 0.719. The second-order valence-electron chi connectivity index (χ2n) is 1.23. The summed E-state index contributed by atoms with van der Waals surface area (Å²) >= 11 is 0. The first kappa shape index (κ1) is 10.7. The monoisotopic (exact) mass is 193 g/mol. The molecule has 4 nitrogen and oxygen atoms in total. The molecule has 0 aliphatic carbocycles. The van der Waals surface area contributed by atoms with Crippen LogP contribution >= 0.6 is 22.0 Å². The molecule has 0 bridgehead atoms. The first-order valence-corrected chi connectivity index (χ1v) is 3.86. The Morgan fingerprint density at radius 1 is 1.78 bits per heavy atom. The summed E-state index contributed by atoms with van der Waals surface area (Å²) < 4.78 is -0.431. The number of carbonyl (C=O) groups is 1. The first-order chi connectivity index (χ1) is 3.71. The maximum atomic E-state index is 9.97. The Kier molecular flexibility index (Phi) is 4.69. The summed E-state index contributed by atoms with van der Waals surface area (Å²) in [4.78, 5) is 9.97. The second-order valence-corrected chi connectivity index (χ2v) is 3.90. The van der Waals surface area contributed by atoms with Crippen LogP contribution in [0.5, 0.6) is 0 Å². The summed E-state index contributed by atoms with van der Waals surface area (Å²) in [6.07, 6.45) is -1.25. The molecular weight excluding hydrogens is 189 g/mol. The summed E-state index contributed by atoms with van der Waals surface area (Å²) in [5.41, 5.74) is 0. The number of rotatable bonds is 1. The number of hydrogen-bond acceptors (Lipinski definition) is 5. The molecule has 1 heterocycles. The van der Waals surface area contributed by atoms with Crippen molar-refractivity contribution in [1.82, 2.24) is 0 Å². The smallest absolute Gasteiger partial charge is 1.00 e. The quantitative estimate of drug-likeness (QED) is 0.153. The summed E-state index contributed by atoms with van der Waals surface area (Å²) in [7, 11) is 2.13. The van der Waals surface area contributed by atoms with Crippen molar-refractivity contribution in [2.24, 2.45) is 0 Å². The van der Waals surface area contributed by atoms with Crippen molar-refractivity contribution >= 4 is 28.1 Å². The van der Waals surface area contributed by atoms with Crippen LogP contribution < -0.4 is 56.5 Å². The molecule has 0 aromatic carbocycles. The van der Waals surface area contributed by atoms with Gasteiger partial charge in [-0.15, -0.1) is 3.29 Å². The van der Waals surface area contributed by atoms with Gasteiger partial charge in [-0.25, -0.2) is 0 Å². The maximum absolute atomic E-state index is 9.97. The molecular formula is C2H4KNO3S2. The van der Waals surface area contributed by atoms with Crippen molar-refractivity contribution in [2.75, 3.05) is 6.73 Å². The molecule has 0 unspecified atom stereocenters. The molecule has 1 N–H and O–H groups in total. The number of hydrogen-bond donors (Lipinski definition) is 1. The van der Waals surface area contributed by atoms with Gasteiger partial charge in [0.05, 0.1) is 0 Å². The Morgan fingerprint density at radius 3 is 2.22 bits per heavy atom. The number of carbonyl (C=O) groups excluding carboxylic acids is 1. The maximum Gasteiger partial charge on any atom is 1.00 e. The van der Waals surface area contributed by atoms with Gasteiger partial charge in [0.25, 0.3) is 6.09 Å². The molecule has 1 rings (SSSR count). The predicted octanol–water partition coefficient (Wildman–Crippen LogP) is -3.56. The van der Waals surface area contributed by atoms with Crippen LogP contribution in [0.3, 0.4) is 0 Å².